The van der Waals surface area contributed by atoms with Crippen molar-refractivity contribution in [3.05, 3.63) is 39.9 Å². The molecule has 0 aromatic heterocycles. The molecule has 0 unspecified atom stereocenters. The maximum atomic E-state index is 10.4. The molecule has 1 aliphatic rings. The van der Waals surface area contributed by atoms with Gasteiger partial charge in [-0.05, 0) is 25.5 Å². The minimum atomic E-state index is -0.367. The Morgan fingerprint density at radius 1 is 1.40 bits per heavy atom. The lowest BCUT2D eigenvalue weighted by atomic mass is 10.2. The summed E-state index contributed by atoms with van der Waals surface area (Å²) in [4.78, 5) is 12.4. The van der Waals surface area contributed by atoms with Gasteiger partial charge in [-0.3, -0.25) is 15.0 Å². The first kappa shape index (κ1) is 10.1. The highest BCUT2D eigenvalue weighted by Gasteiger charge is 2.25. The quantitative estimate of drug-likeness (QED) is 0.560. The van der Waals surface area contributed by atoms with Gasteiger partial charge in [0.25, 0.3) is 5.69 Å². The molecule has 4 nitrogen and oxygen atoms in total. The van der Waals surface area contributed by atoms with Gasteiger partial charge < -0.3 is 0 Å². The van der Waals surface area contributed by atoms with E-state index in [1.807, 2.05) is 12.1 Å². The summed E-state index contributed by atoms with van der Waals surface area (Å²) in [5.41, 5.74) is 1.29. The minimum absolute atomic E-state index is 0.160. The molecule has 0 aliphatic heterocycles. The Morgan fingerprint density at radius 3 is 2.47 bits per heavy atom. The van der Waals surface area contributed by atoms with Gasteiger partial charge in [0.2, 0.25) is 0 Å². The second-order valence-corrected chi connectivity index (χ2v) is 4.07. The SMILES string of the molecule is CN(Cc1ccc([N+](=O)[O-])cc1)C1CC1. The lowest BCUT2D eigenvalue weighted by molar-refractivity contribution is -0.384. The molecule has 15 heavy (non-hydrogen) atoms. The number of benzene rings is 1. The van der Waals surface area contributed by atoms with Crippen molar-refractivity contribution in [3.8, 4) is 0 Å². The number of rotatable bonds is 4. The Balaban J connectivity index is 1.99. The highest BCUT2D eigenvalue weighted by molar-refractivity contribution is 5.32. The molecule has 2 rings (SSSR count). The molecule has 1 aliphatic carbocycles. The molecule has 0 saturated heterocycles. The summed E-state index contributed by atoms with van der Waals surface area (Å²) in [6.07, 6.45) is 2.56. The fourth-order valence-electron chi connectivity index (χ4n) is 1.66. The van der Waals surface area contributed by atoms with Crippen molar-refractivity contribution in [2.45, 2.75) is 25.4 Å². The number of nitro groups is 1. The fourth-order valence-corrected chi connectivity index (χ4v) is 1.66. The average molecular weight is 206 g/mol. The molecule has 0 amide bonds. The third-order valence-electron chi connectivity index (χ3n) is 2.75. The van der Waals surface area contributed by atoms with Crippen molar-refractivity contribution in [2.75, 3.05) is 7.05 Å². The van der Waals surface area contributed by atoms with Crippen molar-refractivity contribution in [1.82, 2.24) is 4.90 Å². The summed E-state index contributed by atoms with van der Waals surface area (Å²) in [5.74, 6) is 0. The van der Waals surface area contributed by atoms with Crippen molar-refractivity contribution in [2.24, 2.45) is 0 Å². The zero-order valence-corrected chi connectivity index (χ0v) is 8.72. The number of non-ortho nitro benzene ring substituents is 1. The van der Waals surface area contributed by atoms with Crippen LogP contribution in [0.1, 0.15) is 18.4 Å². The van der Waals surface area contributed by atoms with Gasteiger partial charge in [0.15, 0.2) is 0 Å². The highest BCUT2D eigenvalue weighted by Crippen LogP contribution is 2.26. The Hall–Kier alpha value is -1.42. The van der Waals surface area contributed by atoms with E-state index in [2.05, 4.69) is 11.9 Å². The van der Waals surface area contributed by atoms with Gasteiger partial charge in [-0.2, -0.15) is 0 Å². The van der Waals surface area contributed by atoms with Crippen LogP contribution in [0, 0.1) is 10.1 Å². The summed E-state index contributed by atoms with van der Waals surface area (Å²) >= 11 is 0. The molecule has 0 radical (unpaired) electrons. The van der Waals surface area contributed by atoms with Crippen LogP contribution in [0.3, 0.4) is 0 Å². The van der Waals surface area contributed by atoms with Gasteiger partial charge in [-0.1, -0.05) is 12.1 Å². The monoisotopic (exact) mass is 206 g/mol. The van der Waals surface area contributed by atoms with E-state index < -0.39 is 0 Å². The predicted molar refractivity (Wildman–Crippen MR) is 57.6 cm³/mol. The van der Waals surface area contributed by atoms with Gasteiger partial charge in [-0.25, -0.2) is 0 Å². The van der Waals surface area contributed by atoms with E-state index in [0.29, 0.717) is 0 Å². The highest BCUT2D eigenvalue weighted by atomic mass is 16.6. The fraction of sp³-hybridized carbons (Fsp3) is 0.455. The summed E-state index contributed by atoms with van der Waals surface area (Å²) in [5, 5.41) is 10.4. The summed E-state index contributed by atoms with van der Waals surface area (Å²) < 4.78 is 0. The van der Waals surface area contributed by atoms with Crippen LogP contribution in [0.15, 0.2) is 24.3 Å². The van der Waals surface area contributed by atoms with Crippen LogP contribution in [-0.2, 0) is 6.54 Å². The molecule has 0 heterocycles. The third-order valence-corrected chi connectivity index (χ3v) is 2.75. The van der Waals surface area contributed by atoms with Gasteiger partial charge in [0.05, 0.1) is 4.92 Å². The molecule has 4 heteroatoms. The van der Waals surface area contributed by atoms with Crippen molar-refractivity contribution >= 4 is 5.69 Å². The molecule has 0 atom stereocenters. The van der Waals surface area contributed by atoms with Crippen LogP contribution >= 0.6 is 0 Å². The maximum Gasteiger partial charge on any atom is 0.269 e. The van der Waals surface area contributed by atoms with Crippen LogP contribution in [0.4, 0.5) is 5.69 Å². The van der Waals surface area contributed by atoms with Crippen LogP contribution < -0.4 is 0 Å². The summed E-state index contributed by atoms with van der Waals surface area (Å²) in [7, 11) is 2.10. The number of nitro benzene ring substituents is 1. The largest absolute Gasteiger partial charge is 0.299 e. The molecular weight excluding hydrogens is 192 g/mol. The second-order valence-electron chi connectivity index (χ2n) is 4.07. The Labute approximate surface area is 88.7 Å². The predicted octanol–water partition coefficient (Wildman–Crippen LogP) is 2.19. The minimum Gasteiger partial charge on any atom is -0.299 e. The molecule has 1 aromatic rings. The standard InChI is InChI=1S/C11H14N2O2/c1-12(10-6-7-10)8-9-2-4-11(5-3-9)13(14)15/h2-5,10H,6-8H2,1H3. The Bertz CT molecular complexity index is 357. The number of nitrogens with zero attached hydrogens (tertiary/aromatic N) is 2. The van der Waals surface area contributed by atoms with E-state index in [0.717, 1.165) is 18.2 Å². The second kappa shape index (κ2) is 3.98. The summed E-state index contributed by atoms with van der Waals surface area (Å²) in [6, 6.07) is 7.51. The van der Waals surface area contributed by atoms with Crippen LogP contribution in [0.5, 0.6) is 0 Å². The van der Waals surface area contributed by atoms with E-state index in [1.165, 1.54) is 12.8 Å². The number of hydrogen-bond acceptors (Lipinski definition) is 3. The van der Waals surface area contributed by atoms with Crippen LogP contribution in [0.25, 0.3) is 0 Å². The van der Waals surface area contributed by atoms with Gasteiger partial charge in [0, 0.05) is 24.7 Å². The van der Waals surface area contributed by atoms with E-state index in [-0.39, 0.29) is 10.6 Å². The van der Waals surface area contributed by atoms with E-state index >= 15 is 0 Å². The summed E-state index contributed by atoms with van der Waals surface area (Å²) in [6.45, 7) is 0.878. The molecule has 0 spiro atoms. The maximum absolute atomic E-state index is 10.4. The zero-order valence-electron chi connectivity index (χ0n) is 8.72. The van der Waals surface area contributed by atoms with Crippen molar-refractivity contribution in [3.63, 3.8) is 0 Å². The smallest absolute Gasteiger partial charge is 0.269 e. The lowest BCUT2D eigenvalue weighted by Crippen LogP contribution is -2.19. The molecule has 0 bridgehead atoms. The van der Waals surface area contributed by atoms with Crippen molar-refractivity contribution in [1.29, 1.82) is 0 Å². The first-order valence-corrected chi connectivity index (χ1v) is 5.10. The van der Waals surface area contributed by atoms with Crippen molar-refractivity contribution < 1.29 is 4.92 Å². The van der Waals surface area contributed by atoms with Gasteiger partial charge in [-0.15, -0.1) is 0 Å². The first-order valence-electron chi connectivity index (χ1n) is 5.10. The van der Waals surface area contributed by atoms with Gasteiger partial charge in [0.1, 0.15) is 0 Å². The van der Waals surface area contributed by atoms with Crippen LogP contribution in [0.2, 0.25) is 0 Å². The third kappa shape index (κ3) is 2.53. The van der Waals surface area contributed by atoms with E-state index in [9.17, 15) is 10.1 Å². The topological polar surface area (TPSA) is 46.4 Å². The molecule has 1 aromatic carbocycles. The molecule has 80 valence electrons. The Kier molecular flexibility index (Phi) is 2.68. The van der Waals surface area contributed by atoms with Gasteiger partial charge >= 0.3 is 0 Å². The Morgan fingerprint density at radius 2 is 2.00 bits per heavy atom. The molecule has 1 fully saturated rings. The molecular formula is C11H14N2O2. The zero-order chi connectivity index (χ0) is 10.8. The lowest BCUT2D eigenvalue weighted by Gasteiger charge is -2.15. The number of hydrogen-bond donors (Lipinski definition) is 0. The molecule has 0 N–H and O–H groups in total. The first-order chi connectivity index (χ1) is 7.16. The van der Waals surface area contributed by atoms with E-state index in [4.69, 9.17) is 0 Å². The normalized spacial score (nSPS) is 15.6. The van der Waals surface area contributed by atoms with E-state index in [1.54, 1.807) is 12.1 Å². The average Bonchev–Trinajstić information content (AvgIpc) is 3.01. The molecule has 1 saturated carbocycles. The van der Waals surface area contributed by atoms with Crippen LogP contribution in [-0.4, -0.2) is 22.9 Å².